The zero-order valence-electron chi connectivity index (χ0n) is 18.1. The zero-order chi connectivity index (χ0) is 22.8. The van der Waals surface area contributed by atoms with Gasteiger partial charge >= 0.3 is 0 Å². The van der Waals surface area contributed by atoms with Gasteiger partial charge in [0.15, 0.2) is 5.60 Å². The first-order valence-electron chi connectivity index (χ1n) is 10.1. The number of nitrogens with zero attached hydrogens (tertiary/aromatic N) is 2. The van der Waals surface area contributed by atoms with Crippen LogP contribution in [0, 0.1) is 13.8 Å². The van der Waals surface area contributed by atoms with E-state index in [0.29, 0.717) is 5.75 Å². The molecule has 31 heavy (non-hydrogen) atoms. The van der Waals surface area contributed by atoms with Gasteiger partial charge in [-0.25, -0.2) is 12.8 Å². The Morgan fingerprint density at radius 1 is 1.29 bits per heavy atom. The van der Waals surface area contributed by atoms with Crippen molar-refractivity contribution in [3.63, 3.8) is 0 Å². The maximum Gasteiger partial charge on any atom is 0.263 e. The van der Waals surface area contributed by atoms with Crippen LogP contribution >= 0.6 is 0 Å². The van der Waals surface area contributed by atoms with Crippen molar-refractivity contribution in [2.75, 3.05) is 13.1 Å². The molecule has 0 radical (unpaired) electrons. The van der Waals surface area contributed by atoms with Gasteiger partial charge in [0.1, 0.15) is 16.8 Å². The third-order valence-electron chi connectivity index (χ3n) is 5.35. The normalized spacial score (nSPS) is 20.3. The quantitative estimate of drug-likeness (QED) is 0.733. The fourth-order valence-electron chi connectivity index (χ4n) is 3.39. The second kappa shape index (κ2) is 8.92. The molecule has 1 aromatic carbocycles. The lowest BCUT2D eigenvalue weighted by molar-refractivity contribution is -0.135. The number of hydrogen-bond acceptors (Lipinski definition) is 5. The van der Waals surface area contributed by atoms with Crippen molar-refractivity contribution in [3.8, 4) is 5.75 Å². The van der Waals surface area contributed by atoms with E-state index >= 15 is 0 Å². The number of nitrogens with one attached hydrogen (secondary N) is 1. The molecule has 7 nitrogen and oxygen atoms in total. The highest BCUT2D eigenvalue weighted by Gasteiger charge is 2.39. The van der Waals surface area contributed by atoms with Crippen LogP contribution in [0.25, 0.3) is 0 Å². The molecule has 0 unspecified atom stereocenters. The molecule has 1 aliphatic rings. The smallest absolute Gasteiger partial charge is 0.263 e. The Morgan fingerprint density at radius 3 is 2.68 bits per heavy atom. The number of aromatic nitrogens is 1. The number of alkyl halides is 1. The van der Waals surface area contributed by atoms with Crippen LogP contribution < -0.4 is 10.1 Å². The number of rotatable bonds is 6. The molecule has 1 aliphatic heterocycles. The van der Waals surface area contributed by atoms with Gasteiger partial charge in [-0.1, -0.05) is 12.1 Å². The largest absolute Gasteiger partial charge is 0.478 e. The highest BCUT2D eigenvalue weighted by molar-refractivity contribution is 7.89. The SMILES string of the molecule is Cc1ccc(C)c(OC(C)(C)C(=O)N[C@@H]2CCN(S(=O)(=O)c3cccnc3)C[C@H]2F)c1. The minimum Gasteiger partial charge on any atom is -0.478 e. The summed E-state index contributed by atoms with van der Waals surface area (Å²) in [5, 5.41) is 2.70. The Bertz CT molecular complexity index is 1040. The second-order valence-electron chi connectivity index (χ2n) is 8.32. The summed E-state index contributed by atoms with van der Waals surface area (Å²) in [5.41, 5.74) is 0.670. The number of sulfonamides is 1. The summed E-state index contributed by atoms with van der Waals surface area (Å²) in [7, 11) is -3.83. The molecule has 168 valence electrons. The Labute approximate surface area is 182 Å². The van der Waals surface area contributed by atoms with Crippen LogP contribution in [-0.4, -0.2) is 54.5 Å². The van der Waals surface area contributed by atoms with Crippen LogP contribution in [0.2, 0.25) is 0 Å². The molecule has 1 N–H and O–H groups in total. The molecule has 1 fully saturated rings. The molecule has 1 aromatic heterocycles. The van der Waals surface area contributed by atoms with Gasteiger partial charge in [0, 0.05) is 25.5 Å². The van der Waals surface area contributed by atoms with E-state index in [0.717, 1.165) is 15.4 Å². The summed E-state index contributed by atoms with van der Waals surface area (Å²) >= 11 is 0. The Balaban J connectivity index is 1.64. The van der Waals surface area contributed by atoms with Crippen LogP contribution in [0.5, 0.6) is 5.75 Å². The van der Waals surface area contributed by atoms with Gasteiger partial charge in [0.2, 0.25) is 10.0 Å². The topological polar surface area (TPSA) is 88.6 Å². The van der Waals surface area contributed by atoms with Gasteiger partial charge in [0.05, 0.1) is 6.04 Å². The number of ether oxygens (including phenoxy) is 1. The van der Waals surface area contributed by atoms with Crippen LogP contribution in [-0.2, 0) is 14.8 Å². The van der Waals surface area contributed by atoms with Crippen molar-refractivity contribution in [2.45, 2.75) is 56.8 Å². The Morgan fingerprint density at radius 2 is 2.03 bits per heavy atom. The predicted octanol–water partition coefficient (Wildman–Crippen LogP) is 2.77. The van der Waals surface area contributed by atoms with Crippen molar-refractivity contribution in [1.29, 1.82) is 0 Å². The third kappa shape index (κ3) is 5.22. The fourth-order valence-corrected chi connectivity index (χ4v) is 4.81. The van der Waals surface area contributed by atoms with Crippen LogP contribution in [0.1, 0.15) is 31.4 Å². The number of piperidine rings is 1. The van der Waals surface area contributed by atoms with Crippen molar-refractivity contribution < 1.29 is 22.3 Å². The summed E-state index contributed by atoms with van der Waals surface area (Å²) < 4.78 is 47.3. The molecule has 2 atom stereocenters. The number of pyridine rings is 1. The van der Waals surface area contributed by atoms with Gasteiger partial charge in [-0.15, -0.1) is 0 Å². The van der Waals surface area contributed by atoms with Crippen LogP contribution in [0.15, 0.2) is 47.6 Å². The highest BCUT2D eigenvalue weighted by Crippen LogP contribution is 2.26. The molecule has 2 heterocycles. The van der Waals surface area contributed by atoms with Crippen molar-refractivity contribution in [1.82, 2.24) is 14.6 Å². The van der Waals surface area contributed by atoms with E-state index in [1.54, 1.807) is 13.8 Å². The van der Waals surface area contributed by atoms with E-state index in [9.17, 15) is 17.6 Å². The lowest BCUT2D eigenvalue weighted by atomic mass is 10.0. The summed E-state index contributed by atoms with van der Waals surface area (Å²) in [6, 6.07) is 7.87. The first kappa shape index (κ1) is 23.1. The molecular formula is C22H28FN3O4S. The summed E-state index contributed by atoms with van der Waals surface area (Å²) in [6.07, 6.45) is 1.33. The molecule has 1 saturated heterocycles. The van der Waals surface area contributed by atoms with E-state index < -0.39 is 33.7 Å². The number of hydrogen-bond donors (Lipinski definition) is 1. The minimum absolute atomic E-state index is 0.0211. The van der Waals surface area contributed by atoms with E-state index in [4.69, 9.17) is 4.74 Å². The average molecular weight is 450 g/mol. The third-order valence-corrected chi connectivity index (χ3v) is 7.20. The molecule has 0 spiro atoms. The number of halogens is 1. The molecule has 0 saturated carbocycles. The standard InChI is InChI=1S/C22H28FN3O4S/c1-15-7-8-16(2)20(12-15)30-22(3,4)21(27)25-19-9-11-26(14-18(19)23)31(28,29)17-6-5-10-24-13-17/h5-8,10,12-13,18-19H,9,11,14H2,1-4H3,(H,25,27)/t18-,19-/m1/s1. The van der Waals surface area contributed by atoms with Gasteiger partial charge < -0.3 is 10.1 Å². The van der Waals surface area contributed by atoms with Gasteiger partial charge in [-0.2, -0.15) is 4.31 Å². The minimum atomic E-state index is -3.83. The van der Waals surface area contributed by atoms with Gasteiger partial charge in [-0.3, -0.25) is 9.78 Å². The van der Waals surface area contributed by atoms with Crippen molar-refractivity contribution in [2.24, 2.45) is 0 Å². The maximum absolute atomic E-state index is 14.9. The van der Waals surface area contributed by atoms with Gasteiger partial charge in [-0.05, 0) is 63.4 Å². The number of amides is 1. The molecule has 2 aromatic rings. The lowest BCUT2D eigenvalue weighted by Crippen LogP contribution is -2.57. The molecule has 0 aliphatic carbocycles. The van der Waals surface area contributed by atoms with E-state index in [1.807, 2.05) is 32.0 Å². The van der Waals surface area contributed by atoms with Crippen molar-refractivity contribution >= 4 is 15.9 Å². The average Bonchev–Trinajstić information content (AvgIpc) is 2.72. The van der Waals surface area contributed by atoms with Crippen LogP contribution in [0.3, 0.4) is 0 Å². The number of aryl methyl sites for hydroxylation is 2. The lowest BCUT2D eigenvalue weighted by Gasteiger charge is -2.36. The van der Waals surface area contributed by atoms with E-state index in [1.165, 1.54) is 24.5 Å². The first-order chi connectivity index (χ1) is 14.5. The number of benzene rings is 1. The molecule has 1 amide bonds. The Hall–Kier alpha value is -2.52. The molecular weight excluding hydrogens is 421 g/mol. The molecule has 0 bridgehead atoms. The molecule has 9 heteroatoms. The highest BCUT2D eigenvalue weighted by atomic mass is 32.2. The van der Waals surface area contributed by atoms with E-state index in [-0.39, 0.29) is 24.4 Å². The summed E-state index contributed by atoms with van der Waals surface area (Å²) in [4.78, 5) is 16.7. The van der Waals surface area contributed by atoms with Gasteiger partial charge in [0.25, 0.3) is 5.91 Å². The monoisotopic (exact) mass is 449 g/mol. The summed E-state index contributed by atoms with van der Waals surface area (Å²) in [5.74, 6) is 0.138. The Kier molecular flexibility index (Phi) is 6.66. The second-order valence-corrected chi connectivity index (χ2v) is 10.3. The number of carbonyl (C=O) groups excluding carboxylic acids is 1. The van der Waals surface area contributed by atoms with Crippen molar-refractivity contribution in [3.05, 3.63) is 53.9 Å². The number of carbonyl (C=O) groups is 1. The molecule has 3 rings (SSSR count). The predicted molar refractivity (Wildman–Crippen MR) is 115 cm³/mol. The zero-order valence-corrected chi connectivity index (χ0v) is 18.9. The maximum atomic E-state index is 14.9. The first-order valence-corrected chi connectivity index (χ1v) is 11.6. The summed E-state index contributed by atoms with van der Waals surface area (Å²) in [6.45, 7) is 6.83. The van der Waals surface area contributed by atoms with E-state index in [2.05, 4.69) is 10.3 Å². The van der Waals surface area contributed by atoms with Crippen LogP contribution in [0.4, 0.5) is 4.39 Å². The fraction of sp³-hybridized carbons (Fsp3) is 0.455.